The highest BCUT2D eigenvalue weighted by atomic mass is 32.2. The first kappa shape index (κ1) is 16.6. The molecule has 0 aliphatic carbocycles. The van der Waals surface area contributed by atoms with Gasteiger partial charge in [0.1, 0.15) is 11.9 Å². The van der Waals surface area contributed by atoms with Crippen LogP contribution in [0.2, 0.25) is 0 Å². The Morgan fingerprint density at radius 1 is 1.35 bits per heavy atom. The highest BCUT2D eigenvalue weighted by molar-refractivity contribution is 7.89. The number of benzene rings is 1. The molecule has 1 rings (SSSR count). The predicted octanol–water partition coefficient (Wildman–Crippen LogP) is 1.91. The fourth-order valence-electron chi connectivity index (χ4n) is 1.78. The first-order valence-corrected chi connectivity index (χ1v) is 7.62. The van der Waals surface area contributed by atoms with Crippen LogP contribution in [0.15, 0.2) is 23.1 Å². The molecule has 0 heterocycles. The number of nitrogens with one attached hydrogen (secondary N) is 1. The molecule has 7 heteroatoms. The Morgan fingerprint density at radius 2 is 1.95 bits per heavy atom. The van der Waals surface area contributed by atoms with Gasteiger partial charge in [0.15, 0.2) is 0 Å². The molecule has 2 N–H and O–H groups in total. The van der Waals surface area contributed by atoms with Crippen LogP contribution in [-0.4, -0.2) is 25.5 Å². The third-order valence-electron chi connectivity index (χ3n) is 2.63. The molecule has 112 valence electrons. The number of aliphatic carboxylic acids is 1. The van der Waals surface area contributed by atoms with Crippen LogP contribution in [0.1, 0.15) is 25.8 Å². The van der Waals surface area contributed by atoms with Crippen LogP contribution in [0.3, 0.4) is 0 Å². The fourth-order valence-corrected chi connectivity index (χ4v) is 3.10. The van der Waals surface area contributed by atoms with Gasteiger partial charge in [-0.05, 0) is 43.0 Å². The minimum absolute atomic E-state index is 0.00745. The van der Waals surface area contributed by atoms with Crippen LogP contribution < -0.4 is 4.72 Å². The summed E-state index contributed by atoms with van der Waals surface area (Å²) in [7, 11) is -4.07. The average Bonchev–Trinajstić information content (AvgIpc) is 2.25. The van der Waals surface area contributed by atoms with E-state index in [9.17, 15) is 17.6 Å². The molecule has 0 spiro atoms. The molecule has 1 aromatic carbocycles. The highest BCUT2D eigenvalue weighted by Crippen LogP contribution is 2.15. The summed E-state index contributed by atoms with van der Waals surface area (Å²) >= 11 is 0. The van der Waals surface area contributed by atoms with E-state index < -0.39 is 27.9 Å². The summed E-state index contributed by atoms with van der Waals surface area (Å²) in [5, 5.41) is 9.04. The summed E-state index contributed by atoms with van der Waals surface area (Å²) in [4.78, 5) is 10.8. The summed E-state index contributed by atoms with van der Waals surface area (Å²) in [6, 6.07) is 2.12. The van der Waals surface area contributed by atoms with Gasteiger partial charge in [0, 0.05) is 0 Å². The van der Waals surface area contributed by atoms with Crippen molar-refractivity contribution >= 4 is 16.0 Å². The summed E-state index contributed by atoms with van der Waals surface area (Å²) in [5.41, 5.74) is 0.445. The predicted molar refractivity (Wildman–Crippen MR) is 72.3 cm³/mol. The molecule has 5 nitrogen and oxygen atoms in total. The van der Waals surface area contributed by atoms with Gasteiger partial charge in [0.25, 0.3) is 0 Å². The van der Waals surface area contributed by atoms with Crippen molar-refractivity contribution in [2.45, 2.75) is 38.1 Å². The van der Waals surface area contributed by atoms with Gasteiger partial charge in [-0.3, -0.25) is 4.79 Å². The van der Waals surface area contributed by atoms with Crippen molar-refractivity contribution in [3.63, 3.8) is 0 Å². The number of carbonyl (C=O) groups is 1. The number of carboxylic acids is 1. The Bertz CT molecular complexity index is 578. The van der Waals surface area contributed by atoms with Crippen molar-refractivity contribution in [1.82, 2.24) is 4.72 Å². The topological polar surface area (TPSA) is 83.5 Å². The number of sulfonamides is 1. The average molecular weight is 303 g/mol. The molecule has 1 aromatic rings. The molecule has 0 unspecified atom stereocenters. The fraction of sp³-hybridized carbons (Fsp3) is 0.462. The van der Waals surface area contributed by atoms with E-state index in [0.717, 1.165) is 6.07 Å². The first-order valence-electron chi connectivity index (χ1n) is 6.14. The number of halogens is 1. The van der Waals surface area contributed by atoms with Gasteiger partial charge in [0.2, 0.25) is 10.0 Å². The zero-order valence-electron chi connectivity index (χ0n) is 11.6. The normalized spacial score (nSPS) is 13.4. The van der Waals surface area contributed by atoms with Crippen LogP contribution in [0.4, 0.5) is 4.39 Å². The standard InChI is InChI=1S/C13H18FNO4S/c1-8(2)4-12(13(16)17)15-20(18,19)11-6-9(3)5-10(14)7-11/h5-8,12,15H,4H2,1-3H3,(H,16,17)/t12-/m1/s1. The number of hydrogen-bond donors (Lipinski definition) is 2. The van der Waals surface area contributed by atoms with Crippen molar-refractivity contribution in [3.05, 3.63) is 29.6 Å². The van der Waals surface area contributed by atoms with Crippen LogP contribution in [0, 0.1) is 18.7 Å². The second kappa shape index (κ2) is 6.32. The van der Waals surface area contributed by atoms with Crippen LogP contribution in [0.25, 0.3) is 0 Å². The maximum atomic E-state index is 13.3. The molecule has 20 heavy (non-hydrogen) atoms. The number of rotatable bonds is 6. The maximum absolute atomic E-state index is 13.3. The monoisotopic (exact) mass is 303 g/mol. The third-order valence-corrected chi connectivity index (χ3v) is 4.08. The molecular formula is C13H18FNO4S. The quantitative estimate of drug-likeness (QED) is 0.841. The summed E-state index contributed by atoms with van der Waals surface area (Å²) in [6.07, 6.45) is 0.156. The molecule has 0 fully saturated rings. The van der Waals surface area contributed by atoms with E-state index in [0.29, 0.717) is 5.56 Å². The summed E-state index contributed by atoms with van der Waals surface area (Å²) < 4.78 is 39.5. The Kier molecular flexibility index (Phi) is 5.24. The molecule has 0 aliphatic heterocycles. The molecule has 1 atom stereocenters. The second-order valence-corrected chi connectivity index (χ2v) is 6.82. The zero-order valence-corrected chi connectivity index (χ0v) is 12.4. The van der Waals surface area contributed by atoms with E-state index >= 15 is 0 Å². The van der Waals surface area contributed by atoms with Crippen LogP contribution in [-0.2, 0) is 14.8 Å². The van der Waals surface area contributed by atoms with E-state index in [1.807, 2.05) is 0 Å². The lowest BCUT2D eigenvalue weighted by atomic mass is 10.1. The van der Waals surface area contributed by atoms with Crippen molar-refractivity contribution < 1.29 is 22.7 Å². The Hall–Kier alpha value is -1.47. The molecular weight excluding hydrogens is 285 g/mol. The minimum atomic E-state index is -4.07. The molecule has 0 radical (unpaired) electrons. The highest BCUT2D eigenvalue weighted by Gasteiger charge is 2.26. The van der Waals surface area contributed by atoms with Crippen molar-refractivity contribution in [2.75, 3.05) is 0 Å². The van der Waals surface area contributed by atoms with Gasteiger partial charge in [-0.25, -0.2) is 12.8 Å². The zero-order chi connectivity index (χ0) is 15.5. The van der Waals surface area contributed by atoms with Crippen LogP contribution in [0.5, 0.6) is 0 Å². The Labute approximate surface area is 117 Å². The second-order valence-electron chi connectivity index (χ2n) is 5.11. The SMILES string of the molecule is Cc1cc(F)cc(S(=O)(=O)N[C@H](CC(C)C)C(=O)O)c1. The molecule has 0 saturated heterocycles. The number of aryl methyl sites for hydroxylation is 1. The molecule has 0 bridgehead atoms. The van der Waals surface area contributed by atoms with Gasteiger partial charge in [-0.2, -0.15) is 4.72 Å². The van der Waals surface area contributed by atoms with E-state index in [1.54, 1.807) is 20.8 Å². The lowest BCUT2D eigenvalue weighted by Crippen LogP contribution is -2.41. The maximum Gasteiger partial charge on any atom is 0.321 e. The molecule has 0 aromatic heterocycles. The summed E-state index contributed by atoms with van der Waals surface area (Å²) in [5.74, 6) is -1.93. The smallest absolute Gasteiger partial charge is 0.321 e. The largest absolute Gasteiger partial charge is 0.480 e. The minimum Gasteiger partial charge on any atom is -0.480 e. The molecule has 0 amide bonds. The van der Waals surface area contributed by atoms with Gasteiger partial charge < -0.3 is 5.11 Å². The summed E-state index contributed by atoms with van der Waals surface area (Å²) in [6.45, 7) is 5.14. The van der Waals surface area contributed by atoms with Crippen molar-refractivity contribution in [3.8, 4) is 0 Å². The number of hydrogen-bond acceptors (Lipinski definition) is 3. The van der Waals surface area contributed by atoms with Crippen molar-refractivity contribution in [2.24, 2.45) is 5.92 Å². The lowest BCUT2D eigenvalue weighted by Gasteiger charge is -2.16. The Morgan fingerprint density at radius 3 is 2.40 bits per heavy atom. The van der Waals surface area contributed by atoms with Gasteiger partial charge in [0.05, 0.1) is 4.90 Å². The van der Waals surface area contributed by atoms with E-state index in [1.165, 1.54) is 12.1 Å². The Balaban J connectivity index is 3.06. The van der Waals surface area contributed by atoms with Gasteiger partial charge in [-0.15, -0.1) is 0 Å². The third kappa shape index (κ3) is 4.57. The van der Waals surface area contributed by atoms with Crippen molar-refractivity contribution in [1.29, 1.82) is 0 Å². The van der Waals surface area contributed by atoms with Gasteiger partial charge in [-0.1, -0.05) is 13.8 Å². The van der Waals surface area contributed by atoms with E-state index in [2.05, 4.69) is 4.72 Å². The van der Waals surface area contributed by atoms with Gasteiger partial charge >= 0.3 is 5.97 Å². The van der Waals surface area contributed by atoms with E-state index in [-0.39, 0.29) is 17.2 Å². The lowest BCUT2D eigenvalue weighted by molar-refractivity contribution is -0.139. The molecule has 0 aliphatic rings. The van der Waals surface area contributed by atoms with E-state index in [4.69, 9.17) is 5.11 Å². The molecule has 0 saturated carbocycles. The first-order chi connectivity index (χ1) is 9.11. The van der Waals surface area contributed by atoms with Crippen LogP contribution >= 0.6 is 0 Å². The number of carboxylic acid groups (broad SMARTS) is 1.